The van der Waals surface area contributed by atoms with Crippen molar-refractivity contribution in [1.29, 1.82) is 0 Å². The van der Waals surface area contributed by atoms with Crippen LogP contribution < -0.4 is 5.32 Å². The minimum atomic E-state index is -0.297. The Morgan fingerprint density at radius 2 is 1.96 bits per heavy atom. The summed E-state index contributed by atoms with van der Waals surface area (Å²) in [7, 11) is 0. The highest BCUT2D eigenvalue weighted by atomic mass is 16.4. The fourth-order valence-corrected chi connectivity index (χ4v) is 3.52. The molecule has 0 unspecified atom stereocenters. The number of anilines is 1. The van der Waals surface area contributed by atoms with Crippen LogP contribution in [-0.4, -0.2) is 21.5 Å². The number of fused-ring (bicyclic) bond motifs is 3. The van der Waals surface area contributed by atoms with Crippen LogP contribution >= 0.6 is 0 Å². The van der Waals surface area contributed by atoms with Gasteiger partial charge in [0.2, 0.25) is 0 Å². The summed E-state index contributed by atoms with van der Waals surface area (Å²) in [5.74, 6) is 0.826. The molecular weight excluding hydrogens is 342 g/mol. The molecule has 0 saturated heterocycles. The fraction of sp³-hybridized carbons (Fsp3) is 0.286. The lowest BCUT2D eigenvalue weighted by molar-refractivity contribution is 0.0992. The maximum absolute atomic E-state index is 12.7. The Labute approximate surface area is 157 Å². The van der Waals surface area contributed by atoms with Crippen molar-refractivity contribution >= 4 is 17.4 Å². The van der Waals surface area contributed by atoms with Crippen molar-refractivity contribution in [2.45, 2.75) is 40.2 Å². The Balaban J connectivity index is 1.63. The van der Waals surface area contributed by atoms with E-state index in [0.717, 1.165) is 42.0 Å². The van der Waals surface area contributed by atoms with Gasteiger partial charge in [-0.25, -0.2) is 0 Å². The maximum atomic E-state index is 12.7. The van der Waals surface area contributed by atoms with Gasteiger partial charge >= 0.3 is 0 Å². The highest BCUT2D eigenvalue weighted by Crippen LogP contribution is 2.38. The number of carbonyl (C=O) groups is 2. The number of aryl methyl sites for hydroxylation is 3. The molecule has 0 radical (unpaired) electrons. The topological polar surface area (TPSA) is 77.1 Å². The summed E-state index contributed by atoms with van der Waals surface area (Å²) in [6.45, 7) is 6.27. The van der Waals surface area contributed by atoms with Gasteiger partial charge in [0.1, 0.15) is 5.76 Å². The molecule has 2 heterocycles. The molecule has 0 saturated carbocycles. The highest BCUT2D eigenvalue weighted by molar-refractivity contribution is 6.05. The standard InChI is InChI=1S/C21H21N3O3/c1-4-24-11-15-7-10-17-18(19(15)23-24)12(2)20(27-17)21(26)22-16-8-5-14(6-9-16)13(3)25/h5-6,8-9,11H,4,7,10H2,1-3H3,(H,22,26). The second-order valence-corrected chi connectivity index (χ2v) is 6.80. The molecule has 27 heavy (non-hydrogen) atoms. The first-order valence-corrected chi connectivity index (χ1v) is 9.09. The van der Waals surface area contributed by atoms with Gasteiger partial charge in [0.05, 0.1) is 5.69 Å². The van der Waals surface area contributed by atoms with Crippen LogP contribution in [-0.2, 0) is 19.4 Å². The molecule has 1 N–H and O–H groups in total. The Morgan fingerprint density at radius 1 is 1.22 bits per heavy atom. The Hall–Kier alpha value is -3.15. The molecule has 6 nitrogen and oxygen atoms in total. The summed E-state index contributed by atoms with van der Waals surface area (Å²) >= 11 is 0. The van der Waals surface area contributed by atoms with E-state index in [-0.39, 0.29) is 11.7 Å². The first-order chi connectivity index (χ1) is 13.0. The van der Waals surface area contributed by atoms with Crippen LogP contribution in [0.1, 0.15) is 51.6 Å². The zero-order chi connectivity index (χ0) is 19.1. The molecule has 0 spiro atoms. The number of rotatable bonds is 4. The summed E-state index contributed by atoms with van der Waals surface area (Å²) in [5, 5.41) is 7.49. The Bertz CT molecular complexity index is 1040. The molecule has 138 valence electrons. The van der Waals surface area contributed by atoms with Crippen molar-refractivity contribution in [3.8, 4) is 11.3 Å². The molecule has 1 amide bonds. The predicted octanol–water partition coefficient (Wildman–Crippen LogP) is 4.02. The van der Waals surface area contributed by atoms with E-state index in [9.17, 15) is 9.59 Å². The summed E-state index contributed by atoms with van der Waals surface area (Å²) < 4.78 is 7.84. The second-order valence-electron chi connectivity index (χ2n) is 6.80. The van der Waals surface area contributed by atoms with Gasteiger partial charge in [-0.2, -0.15) is 5.10 Å². The van der Waals surface area contributed by atoms with E-state index in [4.69, 9.17) is 4.42 Å². The third-order valence-corrected chi connectivity index (χ3v) is 4.99. The van der Waals surface area contributed by atoms with Gasteiger partial charge in [-0.05, 0) is 57.0 Å². The molecule has 2 aromatic heterocycles. The molecule has 4 rings (SSSR count). The van der Waals surface area contributed by atoms with Gasteiger partial charge in [-0.1, -0.05) is 0 Å². The monoisotopic (exact) mass is 363 g/mol. The summed E-state index contributed by atoms with van der Waals surface area (Å²) in [6.07, 6.45) is 3.70. The number of amides is 1. The van der Waals surface area contributed by atoms with E-state index in [0.29, 0.717) is 17.0 Å². The molecule has 0 atom stereocenters. The van der Waals surface area contributed by atoms with E-state index >= 15 is 0 Å². The van der Waals surface area contributed by atoms with Crippen molar-refractivity contribution in [3.63, 3.8) is 0 Å². The van der Waals surface area contributed by atoms with Crippen molar-refractivity contribution in [3.05, 3.63) is 58.7 Å². The predicted molar refractivity (Wildman–Crippen MR) is 102 cm³/mol. The minimum Gasteiger partial charge on any atom is -0.455 e. The third-order valence-electron chi connectivity index (χ3n) is 4.99. The van der Waals surface area contributed by atoms with Crippen LogP contribution in [0.2, 0.25) is 0 Å². The Kier molecular flexibility index (Phi) is 4.18. The molecular formula is C21H21N3O3. The van der Waals surface area contributed by atoms with Gasteiger partial charge in [-0.3, -0.25) is 14.3 Å². The second kappa shape index (κ2) is 6.54. The van der Waals surface area contributed by atoms with E-state index in [1.165, 1.54) is 12.5 Å². The number of hydrogen-bond acceptors (Lipinski definition) is 4. The Morgan fingerprint density at radius 3 is 2.63 bits per heavy atom. The number of Topliss-reactive ketones (excluding diaryl/α,β-unsaturated/α-hetero) is 1. The van der Waals surface area contributed by atoms with Gasteiger partial charge in [-0.15, -0.1) is 0 Å². The van der Waals surface area contributed by atoms with Crippen LogP contribution in [0.15, 0.2) is 34.9 Å². The lowest BCUT2D eigenvalue weighted by Gasteiger charge is -2.09. The largest absolute Gasteiger partial charge is 0.455 e. The number of ketones is 1. The fourth-order valence-electron chi connectivity index (χ4n) is 3.52. The van der Waals surface area contributed by atoms with Crippen LogP contribution in [0.5, 0.6) is 0 Å². The summed E-state index contributed by atoms with van der Waals surface area (Å²) in [4.78, 5) is 24.1. The van der Waals surface area contributed by atoms with Gasteiger partial charge in [0.15, 0.2) is 11.5 Å². The smallest absolute Gasteiger partial charge is 0.291 e. The van der Waals surface area contributed by atoms with Crippen molar-refractivity contribution < 1.29 is 14.0 Å². The van der Waals surface area contributed by atoms with Crippen LogP contribution in [0, 0.1) is 6.92 Å². The first-order valence-electron chi connectivity index (χ1n) is 9.09. The zero-order valence-corrected chi connectivity index (χ0v) is 15.6. The molecule has 1 aliphatic carbocycles. The van der Waals surface area contributed by atoms with Crippen LogP contribution in [0.3, 0.4) is 0 Å². The van der Waals surface area contributed by atoms with Crippen LogP contribution in [0.25, 0.3) is 11.3 Å². The average molecular weight is 363 g/mol. The molecule has 3 aromatic rings. The maximum Gasteiger partial charge on any atom is 0.291 e. The number of aromatic nitrogens is 2. The lowest BCUT2D eigenvalue weighted by Crippen LogP contribution is -2.12. The van der Waals surface area contributed by atoms with Crippen molar-refractivity contribution in [2.24, 2.45) is 0 Å². The molecule has 0 aliphatic heterocycles. The summed E-state index contributed by atoms with van der Waals surface area (Å²) in [6, 6.07) is 6.82. The van der Waals surface area contributed by atoms with Gasteiger partial charge in [0.25, 0.3) is 5.91 Å². The number of benzene rings is 1. The number of furan rings is 1. The summed E-state index contributed by atoms with van der Waals surface area (Å²) in [5.41, 5.74) is 5.10. The van der Waals surface area contributed by atoms with E-state index < -0.39 is 0 Å². The molecule has 1 aromatic carbocycles. The van der Waals surface area contributed by atoms with E-state index in [1.54, 1.807) is 24.3 Å². The normalized spacial score (nSPS) is 12.4. The highest BCUT2D eigenvalue weighted by Gasteiger charge is 2.29. The lowest BCUT2D eigenvalue weighted by atomic mass is 9.93. The molecule has 0 fully saturated rings. The van der Waals surface area contributed by atoms with E-state index in [1.807, 2.05) is 11.6 Å². The SMILES string of the molecule is CCn1cc2c(n1)-c1c(oc(C(=O)Nc3ccc(C(C)=O)cc3)c1C)CC2. The number of nitrogens with one attached hydrogen (secondary N) is 1. The molecule has 0 bridgehead atoms. The van der Waals surface area contributed by atoms with E-state index in [2.05, 4.69) is 23.5 Å². The minimum absolute atomic E-state index is 0.00949. The zero-order valence-electron chi connectivity index (χ0n) is 15.6. The third kappa shape index (κ3) is 2.97. The molecule has 6 heteroatoms. The molecule has 1 aliphatic rings. The number of nitrogens with zero attached hydrogens (tertiary/aromatic N) is 2. The number of hydrogen-bond donors (Lipinski definition) is 1. The first kappa shape index (κ1) is 17.3. The quantitative estimate of drug-likeness (QED) is 0.710. The van der Waals surface area contributed by atoms with Crippen molar-refractivity contribution in [2.75, 3.05) is 5.32 Å². The van der Waals surface area contributed by atoms with Crippen molar-refractivity contribution in [1.82, 2.24) is 9.78 Å². The van der Waals surface area contributed by atoms with Gasteiger partial charge < -0.3 is 9.73 Å². The average Bonchev–Trinajstić information content (AvgIpc) is 3.22. The number of carbonyl (C=O) groups excluding carboxylic acids is 2. The van der Waals surface area contributed by atoms with Gasteiger partial charge in [0, 0.05) is 41.5 Å². The van der Waals surface area contributed by atoms with Crippen LogP contribution in [0.4, 0.5) is 5.69 Å².